The molecule has 92 valence electrons. The van der Waals surface area contributed by atoms with Crippen molar-refractivity contribution >= 4 is 11.6 Å². The van der Waals surface area contributed by atoms with Crippen LogP contribution in [0.25, 0.3) is 0 Å². The van der Waals surface area contributed by atoms with E-state index in [4.69, 9.17) is 11.6 Å². The third-order valence-corrected chi connectivity index (χ3v) is 4.29. The highest BCUT2D eigenvalue weighted by Gasteiger charge is 2.24. The first-order valence-electron chi connectivity index (χ1n) is 6.57. The Morgan fingerprint density at radius 1 is 1.29 bits per heavy atom. The Hall–Kier alpha value is -0.570. The summed E-state index contributed by atoms with van der Waals surface area (Å²) in [5.74, 6) is 0. The minimum atomic E-state index is 0.468. The molecule has 1 saturated heterocycles. The molecular formula is C14H19ClN2. The fourth-order valence-electron chi connectivity index (χ4n) is 3.03. The summed E-state index contributed by atoms with van der Waals surface area (Å²) in [5.41, 5.74) is 2.77. The Labute approximate surface area is 108 Å². The number of nitrogens with zero attached hydrogens (tertiary/aromatic N) is 1. The molecule has 0 radical (unpaired) electrons. The molecule has 17 heavy (non-hydrogen) atoms. The molecular weight excluding hydrogens is 232 g/mol. The Bertz CT molecular complexity index is 399. The molecule has 2 aliphatic rings. The maximum Gasteiger partial charge on any atom is 0.0452 e. The first kappa shape index (κ1) is 11.5. The summed E-state index contributed by atoms with van der Waals surface area (Å²) in [4.78, 5) is 2.56. The molecule has 2 heterocycles. The van der Waals surface area contributed by atoms with Crippen LogP contribution in [-0.2, 0) is 6.42 Å². The Balaban J connectivity index is 1.81. The van der Waals surface area contributed by atoms with Crippen LogP contribution in [0.3, 0.4) is 0 Å². The molecule has 3 rings (SSSR count). The normalized spacial score (nSPS) is 24.9. The summed E-state index contributed by atoms with van der Waals surface area (Å²) in [5, 5.41) is 4.57. The maximum atomic E-state index is 6.28. The standard InChI is InChI=1S/C14H19ClN2/c15-13-5-3-4-12-11(13)6-7-16-14(12)10-17-8-1-2-9-17/h3-5,14,16H,1-2,6-10H2. The lowest BCUT2D eigenvalue weighted by Gasteiger charge is -2.30. The van der Waals surface area contributed by atoms with Gasteiger partial charge in [-0.2, -0.15) is 0 Å². The summed E-state index contributed by atoms with van der Waals surface area (Å²) >= 11 is 6.28. The zero-order chi connectivity index (χ0) is 11.7. The number of likely N-dealkylation sites (tertiary alicyclic amines) is 1. The van der Waals surface area contributed by atoms with E-state index in [1.807, 2.05) is 6.07 Å². The number of halogens is 1. The zero-order valence-corrected chi connectivity index (χ0v) is 10.8. The average molecular weight is 251 g/mol. The van der Waals surface area contributed by atoms with Gasteiger partial charge in [-0.3, -0.25) is 0 Å². The number of nitrogens with one attached hydrogen (secondary N) is 1. The van der Waals surface area contributed by atoms with E-state index in [0.29, 0.717) is 6.04 Å². The highest BCUT2D eigenvalue weighted by atomic mass is 35.5. The van der Waals surface area contributed by atoms with E-state index in [9.17, 15) is 0 Å². The van der Waals surface area contributed by atoms with Crippen LogP contribution in [-0.4, -0.2) is 31.1 Å². The lowest BCUT2D eigenvalue weighted by molar-refractivity contribution is 0.287. The van der Waals surface area contributed by atoms with Gasteiger partial charge in [0.05, 0.1) is 0 Å². The predicted octanol–water partition coefficient (Wildman–Crippen LogP) is 2.62. The number of benzene rings is 1. The van der Waals surface area contributed by atoms with Crippen molar-refractivity contribution in [3.63, 3.8) is 0 Å². The van der Waals surface area contributed by atoms with Gasteiger partial charge in [-0.25, -0.2) is 0 Å². The van der Waals surface area contributed by atoms with Gasteiger partial charge < -0.3 is 10.2 Å². The SMILES string of the molecule is Clc1cccc2c1CCNC2CN1CCCC1. The molecule has 1 aromatic rings. The van der Waals surface area contributed by atoms with E-state index in [1.165, 1.54) is 37.1 Å². The van der Waals surface area contributed by atoms with Crippen LogP contribution in [0, 0.1) is 0 Å². The lowest BCUT2D eigenvalue weighted by Crippen LogP contribution is -2.38. The van der Waals surface area contributed by atoms with Gasteiger partial charge in [0.25, 0.3) is 0 Å². The molecule has 0 saturated carbocycles. The molecule has 1 unspecified atom stereocenters. The van der Waals surface area contributed by atoms with E-state index in [2.05, 4.69) is 22.3 Å². The van der Waals surface area contributed by atoms with Crippen LogP contribution in [0.1, 0.15) is 30.0 Å². The first-order chi connectivity index (χ1) is 8.34. The second-order valence-electron chi connectivity index (χ2n) is 5.07. The Morgan fingerprint density at radius 2 is 2.12 bits per heavy atom. The lowest BCUT2D eigenvalue weighted by atomic mass is 9.94. The quantitative estimate of drug-likeness (QED) is 0.868. The first-order valence-corrected chi connectivity index (χ1v) is 6.95. The minimum absolute atomic E-state index is 0.468. The highest BCUT2D eigenvalue weighted by molar-refractivity contribution is 6.31. The van der Waals surface area contributed by atoms with E-state index < -0.39 is 0 Å². The van der Waals surface area contributed by atoms with Gasteiger partial charge in [0.15, 0.2) is 0 Å². The van der Waals surface area contributed by atoms with Gasteiger partial charge in [-0.15, -0.1) is 0 Å². The van der Waals surface area contributed by atoms with E-state index in [1.54, 1.807) is 0 Å². The van der Waals surface area contributed by atoms with Crippen LogP contribution in [0.2, 0.25) is 5.02 Å². The number of fused-ring (bicyclic) bond motifs is 1. The molecule has 1 atom stereocenters. The van der Waals surface area contributed by atoms with Crippen LogP contribution in [0.5, 0.6) is 0 Å². The van der Waals surface area contributed by atoms with Crippen molar-refractivity contribution in [2.45, 2.75) is 25.3 Å². The molecule has 1 N–H and O–H groups in total. The summed E-state index contributed by atoms with van der Waals surface area (Å²) < 4.78 is 0. The van der Waals surface area contributed by atoms with Gasteiger partial charge in [-0.05, 0) is 56.1 Å². The fourth-order valence-corrected chi connectivity index (χ4v) is 3.31. The Morgan fingerprint density at radius 3 is 2.94 bits per heavy atom. The monoisotopic (exact) mass is 250 g/mol. The van der Waals surface area contributed by atoms with Gasteiger partial charge in [0, 0.05) is 17.6 Å². The van der Waals surface area contributed by atoms with Crippen LogP contribution in [0.4, 0.5) is 0 Å². The second-order valence-corrected chi connectivity index (χ2v) is 5.48. The largest absolute Gasteiger partial charge is 0.309 e. The van der Waals surface area contributed by atoms with E-state index in [-0.39, 0.29) is 0 Å². The third kappa shape index (κ3) is 2.35. The molecule has 0 amide bonds. The molecule has 3 heteroatoms. The second kappa shape index (κ2) is 4.97. The summed E-state index contributed by atoms with van der Waals surface area (Å²) in [6.07, 6.45) is 3.77. The summed E-state index contributed by atoms with van der Waals surface area (Å²) in [6.45, 7) is 4.70. The molecule has 0 aliphatic carbocycles. The van der Waals surface area contributed by atoms with Crippen molar-refractivity contribution in [1.82, 2.24) is 10.2 Å². The predicted molar refractivity (Wildman–Crippen MR) is 71.6 cm³/mol. The Kier molecular flexibility index (Phi) is 3.37. The molecule has 2 aliphatic heterocycles. The van der Waals surface area contributed by atoms with Crippen LogP contribution >= 0.6 is 11.6 Å². The van der Waals surface area contributed by atoms with Crippen molar-refractivity contribution in [1.29, 1.82) is 0 Å². The molecule has 0 bridgehead atoms. The number of hydrogen-bond acceptors (Lipinski definition) is 2. The van der Waals surface area contributed by atoms with Crippen LogP contribution < -0.4 is 5.32 Å². The molecule has 1 aromatic carbocycles. The van der Waals surface area contributed by atoms with Crippen molar-refractivity contribution in [3.05, 3.63) is 34.3 Å². The zero-order valence-electron chi connectivity index (χ0n) is 10.1. The third-order valence-electron chi connectivity index (χ3n) is 3.94. The van der Waals surface area contributed by atoms with Crippen molar-refractivity contribution in [2.24, 2.45) is 0 Å². The molecule has 1 fully saturated rings. The van der Waals surface area contributed by atoms with Crippen molar-refractivity contribution < 1.29 is 0 Å². The summed E-state index contributed by atoms with van der Waals surface area (Å²) in [6, 6.07) is 6.79. The summed E-state index contributed by atoms with van der Waals surface area (Å²) in [7, 11) is 0. The molecule has 0 aromatic heterocycles. The minimum Gasteiger partial charge on any atom is -0.309 e. The van der Waals surface area contributed by atoms with E-state index >= 15 is 0 Å². The molecule has 0 spiro atoms. The smallest absolute Gasteiger partial charge is 0.0452 e. The van der Waals surface area contributed by atoms with Crippen LogP contribution in [0.15, 0.2) is 18.2 Å². The number of hydrogen-bond donors (Lipinski definition) is 1. The maximum absolute atomic E-state index is 6.28. The average Bonchev–Trinajstić information content (AvgIpc) is 2.83. The fraction of sp³-hybridized carbons (Fsp3) is 0.571. The van der Waals surface area contributed by atoms with Gasteiger partial charge in [0.2, 0.25) is 0 Å². The van der Waals surface area contributed by atoms with E-state index in [0.717, 1.165) is 24.5 Å². The van der Waals surface area contributed by atoms with Gasteiger partial charge in [0.1, 0.15) is 0 Å². The van der Waals surface area contributed by atoms with Gasteiger partial charge >= 0.3 is 0 Å². The highest BCUT2D eigenvalue weighted by Crippen LogP contribution is 2.29. The number of rotatable bonds is 2. The van der Waals surface area contributed by atoms with Gasteiger partial charge in [-0.1, -0.05) is 23.7 Å². The van der Waals surface area contributed by atoms with Crippen molar-refractivity contribution in [3.8, 4) is 0 Å². The topological polar surface area (TPSA) is 15.3 Å². The van der Waals surface area contributed by atoms with Crippen molar-refractivity contribution in [2.75, 3.05) is 26.2 Å². The molecule has 2 nitrogen and oxygen atoms in total.